The lowest BCUT2D eigenvalue weighted by atomic mass is 10.2. The maximum Gasteiger partial charge on any atom is 0.344 e. The van der Waals surface area contributed by atoms with Crippen LogP contribution in [0.15, 0.2) is 60.0 Å². The van der Waals surface area contributed by atoms with Gasteiger partial charge in [-0.25, -0.2) is 19.2 Å². The largest absolute Gasteiger partial charge is 0.497 e. The number of benzene rings is 2. The predicted octanol–water partition coefficient (Wildman–Crippen LogP) is 3.75. The van der Waals surface area contributed by atoms with E-state index in [0.29, 0.717) is 31.7 Å². The number of urea groups is 1. The van der Waals surface area contributed by atoms with E-state index in [1.807, 2.05) is 47.8 Å². The molecule has 1 aliphatic rings. The average molecular weight is 451 g/mol. The summed E-state index contributed by atoms with van der Waals surface area (Å²) in [7, 11) is 5.51. The number of aromatic nitrogens is 2. The summed E-state index contributed by atoms with van der Waals surface area (Å²) in [6.07, 6.45) is 5.79. The van der Waals surface area contributed by atoms with Crippen molar-refractivity contribution < 1.29 is 13.9 Å². The lowest BCUT2D eigenvalue weighted by Gasteiger charge is -2.32. The number of amides is 2. The standard InChI is InChI=1S/C24H27FN6O2/c1-28(2)17-23-26-11-14-29(23)19-7-10-22(21(25)15-19)30-12-4-13-31(24(30)32)27-16-18-5-8-20(33-3)9-6-18/h5-11,14-16H,4,12-13,17H2,1-3H3. The van der Waals surface area contributed by atoms with E-state index in [1.165, 1.54) is 16.0 Å². The third-order valence-electron chi connectivity index (χ3n) is 5.34. The minimum atomic E-state index is -0.466. The van der Waals surface area contributed by atoms with E-state index >= 15 is 4.39 Å². The highest BCUT2D eigenvalue weighted by Gasteiger charge is 2.28. The highest BCUT2D eigenvalue weighted by Crippen LogP contribution is 2.26. The Morgan fingerprint density at radius 2 is 1.97 bits per heavy atom. The molecule has 0 N–H and O–H groups in total. The summed E-state index contributed by atoms with van der Waals surface area (Å²) >= 11 is 0. The number of nitrogens with zero attached hydrogens (tertiary/aromatic N) is 6. The number of ether oxygens (including phenoxy) is 1. The predicted molar refractivity (Wildman–Crippen MR) is 126 cm³/mol. The maximum atomic E-state index is 15.1. The summed E-state index contributed by atoms with van der Waals surface area (Å²) in [6.45, 7) is 1.54. The van der Waals surface area contributed by atoms with Crippen LogP contribution in [0.4, 0.5) is 14.9 Å². The van der Waals surface area contributed by atoms with Gasteiger partial charge in [-0.15, -0.1) is 0 Å². The molecule has 0 unspecified atom stereocenters. The molecule has 1 saturated heterocycles. The molecule has 2 aromatic carbocycles. The molecule has 0 bridgehead atoms. The van der Waals surface area contributed by atoms with Gasteiger partial charge in [0, 0.05) is 37.2 Å². The molecule has 33 heavy (non-hydrogen) atoms. The van der Waals surface area contributed by atoms with Gasteiger partial charge in [0.2, 0.25) is 0 Å². The van der Waals surface area contributed by atoms with Crippen LogP contribution in [0.3, 0.4) is 0 Å². The van der Waals surface area contributed by atoms with Crippen molar-refractivity contribution in [2.75, 3.05) is 39.2 Å². The van der Waals surface area contributed by atoms with E-state index in [9.17, 15) is 4.79 Å². The number of methoxy groups -OCH3 is 1. The molecular weight excluding hydrogens is 423 g/mol. The third-order valence-corrected chi connectivity index (χ3v) is 5.34. The maximum absolute atomic E-state index is 15.1. The Kier molecular flexibility index (Phi) is 6.69. The van der Waals surface area contributed by atoms with Crippen molar-refractivity contribution >= 4 is 17.9 Å². The number of hydrogen-bond acceptors (Lipinski definition) is 5. The number of halogens is 1. The minimum Gasteiger partial charge on any atom is -0.497 e. The molecule has 0 atom stereocenters. The molecule has 0 saturated carbocycles. The van der Waals surface area contributed by atoms with Crippen LogP contribution >= 0.6 is 0 Å². The van der Waals surface area contributed by atoms with Gasteiger partial charge < -0.3 is 14.2 Å². The molecule has 0 radical (unpaired) electrons. The van der Waals surface area contributed by atoms with Gasteiger partial charge in [-0.1, -0.05) is 0 Å². The van der Waals surface area contributed by atoms with Crippen LogP contribution in [0.2, 0.25) is 0 Å². The van der Waals surface area contributed by atoms with E-state index in [-0.39, 0.29) is 11.7 Å². The molecule has 2 heterocycles. The van der Waals surface area contributed by atoms with Gasteiger partial charge in [0.05, 0.1) is 25.6 Å². The normalized spacial score (nSPS) is 14.5. The number of carbonyl (C=O) groups is 1. The van der Waals surface area contributed by atoms with Crippen molar-refractivity contribution in [2.24, 2.45) is 5.10 Å². The van der Waals surface area contributed by atoms with Crippen LogP contribution < -0.4 is 9.64 Å². The molecule has 9 heteroatoms. The molecule has 3 aromatic rings. The quantitative estimate of drug-likeness (QED) is 0.515. The zero-order valence-corrected chi connectivity index (χ0v) is 19.0. The van der Waals surface area contributed by atoms with Crippen LogP contribution in [0, 0.1) is 5.82 Å². The zero-order chi connectivity index (χ0) is 23.4. The number of imidazole rings is 1. The lowest BCUT2D eigenvalue weighted by Crippen LogP contribution is -2.47. The first-order valence-electron chi connectivity index (χ1n) is 10.7. The van der Waals surface area contributed by atoms with Crippen molar-refractivity contribution in [3.05, 3.63) is 72.1 Å². The monoisotopic (exact) mass is 450 g/mol. The lowest BCUT2D eigenvalue weighted by molar-refractivity contribution is 0.198. The van der Waals surface area contributed by atoms with Crippen molar-refractivity contribution in [3.63, 3.8) is 0 Å². The fourth-order valence-electron chi connectivity index (χ4n) is 3.70. The van der Waals surface area contributed by atoms with Gasteiger partial charge in [-0.2, -0.15) is 5.10 Å². The molecule has 1 fully saturated rings. The molecule has 4 rings (SSSR count). The van der Waals surface area contributed by atoms with Crippen molar-refractivity contribution in [2.45, 2.75) is 13.0 Å². The van der Waals surface area contributed by atoms with Gasteiger partial charge in [0.15, 0.2) is 0 Å². The molecule has 1 aromatic heterocycles. The van der Waals surface area contributed by atoms with Crippen LogP contribution in [0.25, 0.3) is 5.69 Å². The SMILES string of the molecule is COc1ccc(C=NN2CCCN(c3ccc(-n4ccnc4CN(C)C)cc3F)C2=O)cc1. The van der Waals surface area contributed by atoms with Crippen molar-refractivity contribution in [3.8, 4) is 11.4 Å². The van der Waals surface area contributed by atoms with Gasteiger partial charge in [0.25, 0.3) is 0 Å². The van der Waals surface area contributed by atoms with Crippen LogP contribution in [0.5, 0.6) is 5.75 Å². The summed E-state index contributed by atoms with van der Waals surface area (Å²) in [5, 5.41) is 5.70. The van der Waals surface area contributed by atoms with E-state index in [0.717, 1.165) is 17.1 Å². The van der Waals surface area contributed by atoms with Gasteiger partial charge in [-0.3, -0.25) is 4.90 Å². The number of anilines is 1. The topological polar surface area (TPSA) is 66.2 Å². The number of rotatable bonds is 7. The van der Waals surface area contributed by atoms with Crippen LogP contribution in [-0.2, 0) is 6.54 Å². The first-order chi connectivity index (χ1) is 16.0. The molecule has 1 aliphatic heterocycles. The first-order valence-corrected chi connectivity index (χ1v) is 10.7. The number of hydrazone groups is 1. The van der Waals surface area contributed by atoms with Crippen LogP contribution in [-0.4, -0.2) is 66.0 Å². The summed E-state index contributed by atoms with van der Waals surface area (Å²) in [5.74, 6) is 1.09. The first kappa shape index (κ1) is 22.5. The summed E-state index contributed by atoms with van der Waals surface area (Å²) < 4.78 is 22.1. The molecule has 0 aliphatic carbocycles. The molecule has 172 valence electrons. The second-order valence-electron chi connectivity index (χ2n) is 8.02. The Hall–Kier alpha value is -3.72. The van der Waals surface area contributed by atoms with Crippen LogP contribution in [0.1, 0.15) is 17.8 Å². The Labute approximate surface area is 192 Å². The van der Waals surface area contributed by atoms with Gasteiger partial charge in [-0.05, 0) is 62.5 Å². The molecule has 8 nitrogen and oxygen atoms in total. The van der Waals surface area contributed by atoms with E-state index in [2.05, 4.69) is 10.1 Å². The fourth-order valence-corrected chi connectivity index (χ4v) is 3.70. The molecular formula is C24H27FN6O2. The summed E-state index contributed by atoms with van der Waals surface area (Å²) in [4.78, 5) is 20.8. The highest BCUT2D eigenvalue weighted by molar-refractivity contribution is 5.93. The Balaban J connectivity index is 1.52. The van der Waals surface area contributed by atoms with Gasteiger partial charge >= 0.3 is 6.03 Å². The minimum absolute atomic E-state index is 0.238. The van der Waals surface area contributed by atoms with E-state index in [4.69, 9.17) is 4.74 Å². The zero-order valence-electron chi connectivity index (χ0n) is 19.0. The Bertz CT molecular complexity index is 1140. The smallest absolute Gasteiger partial charge is 0.344 e. The summed E-state index contributed by atoms with van der Waals surface area (Å²) in [6, 6.07) is 11.9. The van der Waals surface area contributed by atoms with E-state index in [1.54, 1.807) is 37.9 Å². The Morgan fingerprint density at radius 3 is 2.67 bits per heavy atom. The second-order valence-corrected chi connectivity index (χ2v) is 8.02. The number of carbonyl (C=O) groups excluding carboxylic acids is 1. The van der Waals surface area contributed by atoms with Gasteiger partial charge in [0.1, 0.15) is 17.4 Å². The third kappa shape index (κ3) is 5.04. The van der Waals surface area contributed by atoms with Crippen molar-refractivity contribution in [1.29, 1.82) is 0 Å². The number of hydrogen-bond donors (Lipinski definition) is 0. The average Bonchev–Trinajstić information content (AvgIpc) is 3.26. The molecule has 2 amide bonds. The highest BCUT2D eigenvalue weighted by atomic mass is 19.1. The summed E-state index contributed by atoms with van der Waals surface area (Å²) in [5.41, 5.74) is 1.73. The Morgan fingerprint density at radius 1 is 1.18 bits per heavy atom. The fraction of sp³-hybridized carbons (Fsp3) is 0.292. The van der Waals surface area contributed by atoms with Crippen molar-refractivity contribution in [1.82, 2.24) is 19.5 Å². The molecule has 0 spiro atoms. The van der Waals surface area contributed by atoms with E-state index < -0.39 is 5.82 Å². The second kappa shape index (κ2) is 9.83.